The third kappa shape index (κ3) is 5.39. The third-order valence-corrected chi connectivity index (χ3v) is 8.19. The Morgan fingerprint density at radius 2 is 2.00 bits per heavy atom. The van der Waals surface area contributed by atoms with Gasteiger partial charge in [-0.3, -0.25) is 0 Å². The van der Waals surface area contributed by atoms with Crippen LogP contribution < -0.4 is 11.4 Å². The van der Waals surface area contributed by atoms with Crippen molar-refractivity contribution in [2.45, 2.75) is 24.5 Å². The van der Waals surface area contributed by atoms with Gasteiger partial charge in [0.15, 0.2) is 0 Å². The summed E-state index contributed by atoms with van der Waals surface area (Å²) in [6.45, 7) is -0.678. The summed E-state index contributed by atoms with van der Waals surface area (Å²) < 4.78 is 22.2. The molecule has 0 bridgehead atoms. The summed E-state index contributed by atoms with van der Waals surface area (Å²) in [7, 11) is -9.46. The van der Waals surface area contributed by atoms with Gasteiger partial charge in [0, 0.05) is 0 Å². The SMILES string of the molecule is Nc1nc(=O)n([C@@H]2O[C@H](CO[PH](O)(O)CP(=O)(O)O)C(O)C2O)cc1I. The van der Waals surface area contributed by atoms with Gasteiger partial charge >= 0.3 is 160 Å². The molecule has 2 rings (SSSR count). The number of aliphatic hydroxyl groups excluding tert-OH is 2. The molecule has 0 radical (unpaired) electrons. The molecule has 0 spiro atoms. The number of aliphatic hydroxyl groups is 2. The number of nitrogens with zero attached hydrogens (tertiary/aromatic N) is 2. The van der Waals surface area contributed by atoms with Crippen LogP contribution in [0.4, 0.5) is 5.82 Å². The zero-order chi connectivity index (χ0) is 19.9. The molecule has 0 aromatic carbocycles. The van der Waals surface area contributed by atoms with E-state index < -0.39 is 58.3 Å². The molecule has 1 aromatic rings. The summed E-state index contributed by atoms with van der Waals surface area (Å²) in [5.74, 6) is -1.29. The van der Waals surface area contributed by atoms with Gasteiger partial charge in [-0.25, -0.2) is 0 Å². The molecule has 0 amide bonds. The second-order valence-corrected chi connectivity index (χ2v) is 11.1. The van der Waals surface area contributed by atoms with Crippen LogP contribution in [0.1, 0.15) is 6.23 Å². The van der Waals surface area contributed by atoms with Crippen molar-refractivity contribution in [3.63, 3.8) is 0 Å². The number of aromatic nitrogens is 2. The Kier molecular flexibility index (Phi) is 6.79. The van der Waals surface area contributed by atoms with E-state index in [4.69, 9.17) is 24.8 Å². The topological polar surface area (TPSA) is 218 Å². The van der Waals surface area contributed by atoms with Crippen molar-refractivity contribution in [1.82, 2.24) is 9.55 Å². The Hall–Kier alpha value is -0.250. The summed E-state index contributed by atoms with van der Waals surface area (Å²) in [6, 6.07) is 0. The minimum atomic E-state index is -4.73. The van der Waals surface area contributed by atoms with E-state index in [1.165, 1.54) is 6.20 Å². The molecule has 2 unspecified atom stereocenters. The van der Waals surface area contributed by atoms with Crippen molar-refractivity contribution in [2.75, 3.05) is 18.2 Å². The summed E-state index contributed by atoms with van der Waals surface area (Å²) in [5.41, 5.74) is 4.67. The van der Waals surface area contributed by atoms with E-state index in [1.807, 2.05) is 0 Å². The van der Waals surface area contributed by atoms with Gasteiger partial charge in [0.2, 0.25) is 0 Å². The number of hydrogen-bond acceptors (Lipinski definition) is 10. The van der Waals surface area contributed by atoms with Crippen LogP contribution in [-0.4, -0.2) is 70.2 Å². The fourth-order valence-electron chi connectivity index (χ4n) is 2.27. The molecule has 2 heterocycles. The monoisotopic (exact) mass is 529 g/mol. The van der Waals surface area contributed by atoms with Crippen LogP contribution in [-0.2, 0) is 13.8 Å². The molecule has 16 heteroatoms. The standard InChI is InChI=1S/C10H18IN3O10P2/c11-4-1-14(10(17)13-8(4)12)9-7(16)6(15)5(24-9)2-23-26(21,22)3-25(18,19)20/h1,5-7,9,15-16,21-22,26H,2-3H2,(H2,12,13,17)(H2,18,19,20)/t5-,6?,7?,9-/m1/s1. The van der Waals surface area contributed by atoms with Gasteiger partial charge in [-0.2, -0.15) is 0 Å². The molecule has 150 valence electrons. The van der Waals surface area contributed by atoms with Crippen LogP contribution in [0.5, 0.6) is 0 Å². The van der Waals surface area contributed by atoms with Crippen molar-refractivity contribution in [3.8, 4) is 0 Å². The molecule has 1 fully saturated rings. The minimum absolute atomic E-state index is 0.0199. The molecule has 13 nitrogen and oxygen atoms in total. The van der Waals surface area contributed by atoms with Crippen LogP contribution in [0.2, 0.25) is 0 Å². The Balaban J connectivity index is 2.12. The Bertz CT molecular complexity index is 770. The van der Waals surface area contributed by atoms with Gasteiger partial charge in [-0.1, -0.05) is 0 Å². The number of hydrogen-bond donors (Lipinski definition) is 7. The Morgan fingerprint density at radius 3 is 2.58 bits per heavy atom. The molecular weight excluding hydrogens is 511 g/mol. The number of nitrogen functional groups attached to an aromatic ring is 1. The number of ether oxygens (including phenoxy) is 1. The van der Waals surface area contributed by atoms with E-state index in [0.29, 0.717) is 3.57 Å². The van der Waals surface area contributed by atoms with Crippen molar-refractivity contribution in [1.29, 1.82) is 0 Å². The first kappa shape index (κ1) is 22.0. The molecular formula is C10H18IN3O10P2. The predicted molar refractivity (Wildman–Crippen MR) is 97.2 cm³/mol. The van der Waals surface area contributed by atoms with E-state index in [-0.39, 0.29) is 5.82 Å². The Morgan fingerprint density at radius 1 is 1.38 bits per heavy atom. The summed E-state index contributed by atoms with van der Waals surface area (Å²) in [6.07, 6.45) is -4.51. The van der Waals surface area contributed by atoms with Crippen LogP contribution in [0.3, 0.4) is 0 Å². The third-order valence-electron chi connectivity index (χ3n) is 3.44. The molecule has 0 aliphatic carbocycles. The zero-order valence-corrected chi connectivity index (χ0v) is 17.0. The van der Waals surface area contributed by atoms with E-state index in [9.17, 15) is 29.4 Å². The first-order valence-electron chi connectivity index (χ1n) is 7.00. The van der Waals surface area contributed by atoms with Gasteiger partial charge in [0.05, 0.1) is 0 Å². The van der Waals surface area contributed by atoms with E-state index in [2.05, 4.69) is 4.98 Å². The van der Waals surface area contributed by atoms with Gasteiger partial charge in [-0.15, -0.1) is 0 Å². The fourth-order valence-corrected chi connectivity index (χ4v) is 5.63. The second kappa shape index (κ2) is 8.01. The van der Waals surface area contributed by atoms with E-state index in [0.717, 1.165) is 4.57 Å². The number of rotatable bonds is 6. The van der Waals surface area contributed by atoms with E-state index in [1.54, 1.807) is 22.6 Å². The van der Waals surface area contributed by atoms with Gasteiger partial charge < -0.3 is 0 Å². The van der Waals surface area contributed by atoms with Crippen molar-refractivity contribution >= 4 is 43.9 Å². The molecule has 1 aliphatic heterocycles. The van der Waals surface area contributed by atoms with E-state index >= 15 is 0 Å². The molecule has 26 heavy (non-hydrogen) atoms. The summed E-state index contributed by atoms with van der Waals surface area (Å²) in [5, 5.41) is 20.1. The molecule has 8 N–H and O–H groups in total. The second-order valence-electron chi connectivity index (χ2n) is 5.59. The molecule has 0 saturated carbocycles. The molecule has 4 atom stereocenters. The van der Waals surface area contributed by atoms with Crippen molar-refractivity contribution in [2.24, 2.45) is 0 Å². The van der Waals surface area contributed by atoms with Crippen LogP contribution >= 0.6 is 38.1 Å². The van der Waals surface area contributed by atoms with Crippen molar-refractivity contribution in [3.05, 3.63) is 20.3 Å². The summed E-state index contributed by atoms with van der Waals surface area (Å²) >= 11 is 1.80. The van der Waals surface area contributed by atoms with Gasteiger partial charge in [0.1, 0.15) is 0 Å². The molecule has 1 saturated heterocycles. The summed E-state index contributed by atoms with van der Waals surface area (Å²) in [4.78, 5) is 52.1. The fraction of sp³-hybridized carbons (Fsp3) is 0.600. The first-order valence-corrected chi connectivity index (χ1v) is 11.9. The number of halogens is 1. The zero-order valence-electron chi connectivity index (χ0n) is 12.9. The number of anilines is 1. The Labute approximate surface area is 160 Å². The average Bonchev–Trinajstić information content (AvgIpc) is 2.75. The predicted octanol–water partition coefficient (Wildman–Crippen LogP) is -2.32. The number of nitrogens with two attached hydrogens (primary N) is 1. The van der Waals surface area contributed by atoms with Crippen LogP contribution in [0, 0.1) is 3.57 Å². The maximum atomic E-state index is 11.9. The molecule has 1 aromatic heterocycles. The van der Waals surface area contributed by atoms with Crippen LogP contribution in [0.15, 0.2) is 11.0 Å². The normalized spacial score (nSPS) is 27.7. The first-order chi connectivity index (χ1) is 11.8. The average molecular weight is 529 g/mol. The van der Waals surface area contributed by atoms with Gasteiger partial charge in [0.25, 0.3) is 0 Å². The van der Waals surface area contributed by atoms with Crippen LogP contribution in [0.25, 0.3) is 0 Å². The quantitative estimate of drug-likeness (QED) is 0.153. The maximum absolute atomic E-state index is 11.9. The van der Waals surface area contributed by atoms with Crippen molar-refractivity contribution < 1.29 is 43.6 Å². The van der Waals surface area contributed by atoms with Gasteiger partial charge in [-0.05, 0) is 0 Å². The molecule has 1 aliphatic rings.